The summed E-state index contributed by atoms with van der Waals surface area (Å²) in [6.45, 7) is 2.57. The van der Waals surface area contributed by atoms with E-state index < -0.39 is 17.7 Å². The second-order valence-corrected chi connectivity index (χ2v) is 5.92. The molecular weight excluding hydrogens is 380 g/mol. The molecule has 29 heavy (non-hydrogen) atoms. The molecule has 0 fully saturated rings. The topological polar surface area (TPSA) is 72.5 Å². The van der Waals surface area contributed by atoms with E-state index in [1.54, 1.807) is 30.5 Å². The number of carbonyl (C=O) groups is 1. The molecule has 0 aliphatic rings. The van der Waals surface area contributed by atoms with Crippen molar-refractivity contribution in [1.82, 2.24) is 10.3 Å². The number of hydrogen-bond donors (Lipinski definition) is 2. The SMILES string of the molecule is CCOc1ccccc1Oc1ccc(CNC(=O)Nc2ccc(F)cc2F)cn1. The van der Waals surface area contributed by atoms with Crippen molar-refractivity contribution in [3.05, 3.63) is 78.0 Å². The lowest BCUT2D eigenvalue weighted by molar-refractivity contribution is 0.251. The summed E-state index contributed by atoms with van der Waals surface area (Å²) in [5.41, 5.74) is 0.601. The van der Waals surface area contributed by atoms with E-state index in [1.165, 1.54) is 0 Å². The summed E-state index contributed by atoms with van der Waals surface area (Å²) < 4.78 is 37.7. The van der Waals surface area contributed by atoms with E-state index >= 15 is 0 Å². The molecule has 0 saturated carbocycles. The van der Waals surface area contributed by atoms with Crippen LogP contribution >= 0.6 is 0 Å². The number of ether oxygens (including phenoxy) is 2. The van der Waals surface area contributed by atoms with Crippen LogP contribution in [0.25, 0.3) is 0 Å². The molecule has 3 aromatic rings. The van der Waals surface area contributed by atoms with Crippen molar-refractivity contribution in [1.29, 1.82) is 0 Å². The van der Waals surface area contributed by atoms with Crippen molar-refractivity contribution in [3.8, 4) is 17.4 Å². The summed E-state index contributed by atoms with van der Waals surface area (Å²) in [5.74, 6) is -0.0271. The van der Waals surface area contributed by atoms with Crippen molar-refractivity contribution >= 4 is 11.7 Å². The van der Waals surface area contributed by atoms with E-state index in [9.17, 15) is 13.6 Å². The molecule has 0 aliphatic carbocycles. The number of urea groups is 1. The molecule has 0 saturated heterocycles. The van der Waals surface area contributed by atoms with Crippen molar-refractivity contribution in [2.24, 2.45) is 0 Å². The van der Waals surface area contributed by atoms with E-state index in [-0.39, 0.29) is 12.2 Å². The molecule has 0 spiro atoms. The molecular formula is C21H19F2N3O3. The highest BCUT2D eigenvalue weighted by Gasteiger charge is 2.09. The van der Waals surface area contributed by atoms with Crippen LogP contribution in [0.15, 0.2) is 60.8 Å². The first kappa shape index (κ1) is 20.1. The molecule has 2 aromatic carbocycles. The molecule has 6 nitrogen and oxygen atoms in total. The van der Waals surface area contributed by atoms with Crippen LogP contribution in [-0.4, -0.2) is 17.6 Å². The summed E-state index contributed by atoms with van der Waals surface area (Å²) in [6.07, 6.45) is 1.55. The monoisotopic (exact) mass is 399 g/mol. The minimum Gasteiger partial charge on any atom is -0.490 e. The summed E-state index contributed by atoms with van der Waals surface area (Å²) in [7, 11) is 0. The van der Waals surface area contributed by atoms with Gasteiger partial charge in [0.25, 0.3) is 0 Å². The summed E-state index contributed by atoms with van der Waals surface area (Å²) >= 11 is 0. The fourth-order valence-corrected chi connectivity index (χ4v) is 2.44. The molecule has 2 N–H and O–H groups in total. The van der Waals surface area contributed by atoms with Crippen LogP contribution in [0.5, 0.6) is 17.4 Å². The van der Waals surface area contributed by atoms with Crippen molar-refractivity contribution in [2.75, 3.05) is 11.9 Å². The Bertz CT molecular complexity index is 981. The fourth-order valence-electron chi connectivity index (χ4n) is 2.44. The third-order valence-corrected chi connectivity index (χ3v) is 3.79. The first-order chi connectivity index (χ1) is 14.0. The Morgan fingerprint density at radius 1 is 1.07 bits per heavy atom. The number of amides is 2. The average Bonchev–Trinajstić information content (AvgIpc) is 2.71. The van der Waals surface area contributed by atoms with Gasteiger partial charge in [-0.2, -0.15) is 0 Å². The molecule has 0 aliphatic heterocycles. The van der Waals surface area contributed by atoms with Gasteiger partial charge in [0.1, 0.15) is 11.6 Å². The minimum atomic E-state index is -0.851. The van der Waals surface area contributed by atoms with Crippen LogP contribution in [0.2, 0.25) is 0 Å². The molecule has 1 heterocycles. The van der Waals surface area contributed by atoms with E-state index in [2.05, 4.69) is 15.6 Å². The van der Waals surface area contributed by atoms with Gasteiger partial charge in [-0.1, -0.05) is 18.2 Å². The number of nitrogens with one attached hydrogen (secondary N) is 2. The van der Waals surface area contributed by atoms with E-state index in [4.69, 9.17) is 9.47 Å². The third kappa shape index (κ3) is 5.65. The van der Waals surface area contributed by atoms with Crippen LogP contribution in [0.1, 0.15) is 12.5 Å². The summed E-state index contributed by atoms with van der Waals surface area (Å²) in [4.78, 5) is 16.1. The molecule has 150 valence electrons. The Morgan fingerprint density at radius 2 is 1.86 bits per heavy atom. The molecule has 0 radical (unpaired) electrons. The predicted octanol–water partition coefficient (Wildman–Crippen LogP) is 4.87. The number of aromatic nitrogens is 1. The lowest BCUT2D eigenvalue weighted by Gasteiger charge is -2.11. The summed E-state index contributed by atoms with van der Waals surface area (Å²) in [6, 6.07) is 13.0. The van der Waals surface area contributed by atoms with Crippen LogP contribution in [-0.2, 0) is 6.54 Å². The normalized spacial score (nSPS) is 10.3. The minimum absolute atomic E-state index is 0.112. The number of nitrogens with zero attached hydrogens (tertiary/aromatic N) is 1. The van der Waals surface area contributed by atoms with Crippen molar-refractivity contribution in [3.63, 3.8) is 0 Å². The van der Waals surface area contributed by atoms with Crippen LogP contribution in [0.3, 0.4) is 0 Å². The Morgan fingerprint density at radius 3 is 2.55 bits per heavy atom. The Hall–Kier alpha value is -3.68. The Kier molecular flexibility index (Phi) is 6.57. The van der Waals surface area contributed by atoms with E-state index in [0.29, 0.717) is 35.6 Å². The van der Waals surface area contributed by atoms with Gasteiger partial charge in [0.2, 0.25) is 5.88 Å². The molecule has 2 amide bonds. The number of pyridine rings is 1. The van der Waals surface area contributed by atoms with Gasteiger partial charge in [-0.05, 0) is 36.8 Å². The second kappa shape index (κ2) is 9.50. The third-order valence-electron chi connectivity index (χ3n) is 3.79. The maximum absolute atomic E-state index is 13.6. The zero-order valence-electron chi connectivity index (χ0n) is 15.6. The van der Waals surface area contributed by atoms with Gasteiger partial charge in [0.05, 0.1) is 12.3 Å². The number of benzene rings is 2. The fraction of sp³-hybridized carbons (Fsp3) is 0.143. The highest BCUT2D eigenvalue weighted by atomic mass is 19.1. The van der Waals surface area contributed by atoms with Crippen LogP contribution < -0.4 is 20.1 Å². The number of anilines is 1. The summed E-state index contributed by atoms with van der Waals surface area (Å²) in [5, 5.41) is 4.89. The maximum atomic E-state index is 13.6. The first-order valence-corrected chi connectivity index (χ1v) is 8.89. The lowest BCUT2D eigenvalue weighted by atomic mass is 10.3. The van der Waals surface area contributed by atoms with Gasteiger partial charge in [0, 0.05) is 24.9 Å². The number of rotatable bonds is 7. The zero-order chi connectivity index (χ0) is 20.6. The molecule has 3 rings (SSSR count). The van der Waals surface area contributed by atoms with Crippen molar-refractivity contribution < 1.29 is 23.0 Å². The van der Waals surface area contributed by atoms with Gasteiger partial charge in [-0.15, -0.1) is 0 Å². The maximum Gasteiger partial charge on any atom is 0.319 e. The van der Waals surface area contributed by atoms with Crippen LogP contribution in [0, 0.1) is 11.6 Å². The number of hydrogen-bond acceptors (Lipinski definition) is 4. The second-order valence-electron chi connectivity index (χ2n) is 5.92. The standard InChI is InChI=1S/C21H19F2N3O3/c1-2-28-18-5-3-4-6-19(18)29-20-10-7-14(12-24-20)13-25-21(27)26-17-9-8-15(22)11-16(17)23/h3-12H,2,13H2,1H3,(H2,25,26,27). The van der Waals surface area contributed by atoms with E-state index in [1.807, 2.05) is 19.1 Å². The van der Waals surface area contributed by atoms with Crippen molar-refractivity contribution in [2.45, 2.75) is 13.5 Å². The van der Waals surface area contributed by atoms with Crippen LogP contribution in [0.4, 0.5) is 19.3 Å². The first-order valence-electron chi connectivity index (χ1n) is 8.89. The smallest absolute Gasteiger partial charge is 0.319 e. The molecule has 0 bridgehead atoms. The Balaban J connectivity index is 1.55. The number of carbonyl (C=O) groups excluding carboxylic acids is 1. The zero-order valence-corrected chi connectivity index (χ0v) is 15.6. The molecule has 0 atom stereocenters. The van der Waals surface area contributed by atoms with Gasteiger partial charge in [-0.25, -0.2) is 18.6 Å². The van der Waals surface area contributed by atoms with Gasteiger partial charge >= 0.3 is 6.03 Å². The molecule has 0 unspecified atom stereocenters. The largest absolute Gasteiger partial charge is 0.490 e. The molecule has 8 heteroatoms. The molecule has 1 aromatic heterocycles. The van der Waals surface area contributed by atoms with Gasteiger partial charge in [0.15, 0.2) is 11.5 Å². The predicted molar refractivity (Wildman–Crippen MR) is 104 cm³/mol. The van der Waals surface area contributed by atoms with Gasteiger partial charge in [-0.3, -0.25) is 0 Å². The Labute approximate surface area is 166 Å². The lowest BCUT2D eigenvalue weighted by Crippen LogP contribution is -2.28. The van der Waals surface area contributed by atoms with Gasteiger partial charge < -0.3 is 20.1 Å². The number of halogens is 2. The highest BCUT2D eigenvalue weighted by molar-refractivity contribution is 5.89. The van der Waals surface area contributed by atoms with E-state index in [0.717, 1.165) is 12.1 Å². The quantitative estimate of drug-likeness (QED) is 0.594. The average molecular weight is 399 g/mol. The highest BCUT2D eigenvalue weighted by Crippen LogP contribution is 2.30. The number of para-hydroxylation sites is 2.